The van der Waals surface area contributed by atoms with Crippen molar-refractivity contribution in [3.63, 3.8) is 0 Å². The average Bonchev–Trinajstić information content (AvgIpc) is 2.69. The van der Waals surface area contributed by atoms with Gasteiger partial charge in [0.2, 0.25) is 5.95 Å². The number of aromatic nitrogens is 2. The molecule has 1 aliphatic rings. The van der Waals surface area contributed by atoms with Crippen molar-refractivity contribution in [2.45, 2.75) is 46.1 Å². The standard InChI is InChI=1S/C21H29N5O/c1-4-16(3)23-20(27)19-9-12-22-21(25-19)24-17-5-7-18(8-6-17)26-13-10-15(2)11-14-26/h5-9,12,15-16H,4,10-11,13-14H2,1-3H3,(H,23,27)(H,22,24,25). The zero-order valence-corrected chi connectivity index (χ0v) is 16.4. The Hall–Kier alpha value is -2.63. The number of hydrogen-bond donors (Lipinski definition) is 2. The molecule has 0 bridgehead atoms. The Balaban J connectivity index is 1.63. The van der Waals surface area contributed by atoms with Gasteiger partial charge in [-0.3, -0.25) is 4.79 Å². The summed E-state index contributed by atoms with van der Waals surface area (Å²) in [4.78, 5) is 23.2. The lowest BCUT2D eigenvalue weighted by Crippen LogP contribution is -2.32. The summed E-state index contributed by atoms with van der Waals surface area (Å²) < 4.78 is 0. The second-order valence-electron chi connectivity index (χ2n) is 7.39. The third-order valence-electron chi connectivity index (χ3n) is 5.15. The summed E-state index contributed by atoms with van der Waals surface area (Å²) in [6.07, 6.45) is 4.98. The van der Waals surface area contributed by atoms with Crippen molar-refractivity contribution in [1.82, 2.24) is 15.3 Å². The maximum atomic E-state index is 12.2. The lowest BCUT2D eigenvalue weighted by Gasteiger charge is -2.32. The van der Waals surface area contributed by atoms with Gasteiger partial charge in [-0.25, -0.2) is 9.97 Å². The monoisotopic (exact) mass is 367 g/mol. The van der Waals surface area contributed by atoms with Gasteiger partial charge in [0, 0.05) is 36.7 Å². The molecule has 1 amide bonds. The van der Waals surface area contributed by atoms with Crippen LogP contribution in [-0.4, -0.2) is 35.0 Å². The van der Waals surface area contributed by atoms with Gasteiger partial charge >= 0.3 is 0 Å². The molecule has 1 atom stereocenters. The quantitative estimate of drug-likeness (QED) is 0.808. The molecule has 1 unspecified atom stereocenters. The molecule has 3 rings (SSSR count). The molecular weight excluding hydrogens is 338 g/mol. The summed E-state index contributed by atoms with van der Waals surface area (Å²) in [5, 5.41) is 6.10. The van der Waals surface area contributed by atoms with Gasteiger partial charge in [-0.15, -0.1) is 0 Å². The van der Waals surface area contributed by atoms with Crippen LogP contribution in [0.1, 0.15) is 50.5 Å². The molecular formula is C21H29N5O. The maximum absolute atomic E-state index is 12.2. The summed E-state index contributed by atoms with van der Waals surface area (Å²) in [6.45, 7) is 8.56. The van der Waals surface area contributed by atoms with Crippen molar-refractivity contribution in [1.29, 1.82) is 0 Å². The van der Waals surface area contributed by atoms with Gasteiger partial charge in [0.15, 0.2) is 0 Å². The van der Waals surface area contributed by atoms with Crippen LogP contribution in [0.4, 0.5) is 17.3 Å². The zero-order chi connectivity index (χ0) is 19.2. The minimum atomic E-state index is -0.176. The molecule has 0 aliphatic carbocycles. The minimum absolute atomic E-state index is 0.120. The number of hydrogen-bond acceptors (Lipinski definition) is 5. The molecule has 1 saturated heterocycles. The minimum Gasteiger partial charge on any atom is -0.372 e. The number of carbonyl (C=O) groups excluding carboxylic acids is 1. The topological polar surface area (TPSA) is 70.2 Å². The first-order valence-corrected chi connectivity index (χ1v) is 9.81. The van der Waals surface area contributed by atoms with E-state index >= 15 is 0 Å². The van der Waals surface area contributed by atoms with E-state index in [-0.39, 0.29) is 11.9 Å². The third kappa shape index (κ3) is 5.18. The van der Waals surface area contributed by atoms with E-state index in [9.17, 15) is 4.79 Å². The van der Waals surface area contributed by atoms with E-state index in [1.807, 2.05) is 26.0 Å². The molecule has 2 N–H and O–H groups in total. The molecule has 6 heteroatoms. The van der Waals surface area contributed by atoms with Crippen LogP contribution in [0.25, 0.3) is 0 Å². The van der Waals surface area contributed by atoms with Crippen LogP contribution in [0.2, 0.25) is 0 Å². The summed E-state index contributed by atoms with van der Waals surface area (Å²) in [6, 6.07) is 10.1. The third-order valence-corrected chi connectivity index (χ3v) is 5.15. The number of amides is 1. The van der Waals surface area contributed by atoms with Gasteiger partial charge in [0.05, 0.1) is 0 Å². The number of carbonyl (C=O) groups is 1. The predicted octanol–water partition coefficient (Wildman–Crippen LogP) is 3.98. The van der Waals surface area contributed by atoms with Gasteiger partial charge in [-0.2, -0.15) is 0 Å². The molecule has 2 heterocycles. The molecule has 1 aliphatic heterocycles. The molecule has 0 radical (unpaired) electrons. The SMILES string of the molecule is CCC(C)NC(=O)c1ccnc(Nc2ccc(N3CCC(C)CC3)cc2)n1. The second-order valence-corrected chi connectivity index (χ2v) is 7.39. The van der Waals surface area contributed by atoms with Gasteiger partial charge in [0.1, 0.15) is 5.69 Å². The first-order chi connectivity index (χ1) is 13.0. The number of benzene rings is 1. The predicted molar refractivity (Wildman–Crippen MR) is 110 cm³/mol. The molecule has 1 aromatic heterocycles. The Kier molecular flexibility index (Phi) is 6.27. The van der Waals surface area contributed by atoms with E-state index in [0.29, 0.717) is 11.6 Å². The molecule has 144 valence electrons. The Morgan fingerprint density at radius 2 is 1.93 bits per heavy atom. The van der Waals surface area contributed by atoms with Crippen LogP contribution in [-0.2, 0) is 0 Å². The highest BCUT2D eigenvalue weighted by atomic mass is 16.1. The Morgan fingerprint density at radius 3 is 2.59 bits per heavy atom. The largest absolute Gasteiger partial charge is 0.372 e. The van der Waals surface area contributed by atoms with Crippen LogP contribution >= 0.6 is 0 Å². The first-order valence-electron chi connectivity index (χ1n) is 9.81. The van der Waals surface area contributed by atoms with E-state index in [4.69, 9.17) is 0 Å². The second kappa shape index (κ2) is 8.84. The first kappa shape index (κ1) is 19.1. The van der Waals surface area contributed by atoms with Crippen LogP contribution < -0.4 is 15.5 Å². The number of piperidine rings is 1. The van der Waals surface area contributed by atoms with Gasteiger partial charge in [0.25, 0.3) is 5.91 Å². The molecule has 0 saturated carbocycles. The van der Waals surface area contributed by atoms with Crippen LogP contribution in [0.3, 0.4) is 0 Å². The van der Waals surface area contributed by atoms with E-state index in [0.717, 1.165) is 31.1 Å². The number of nitrogens with one attached hydrogen (secondary N) is 2. The van der Waals surface area contributed by atoms with Crippen molar-refractivity contribution in [2.24, 2.45) is 5.92 Å². The van der Waals surface area contributed by atoms with Crippen LogP contribution in [0.15, 0.2) is 36.5 Å². The molecule has 0 spiro atoms. The smallest absolute Gasteiger partial charge is 0.270 e. The number of nitrogens with zero attached hydrogens (tertiary/aromatic N) is 3. The fourth-order valence-corrected chi connectivity index (χ4v) is 3.10. The summed E-state index contributed by atoms with van der Waals surface area (Å²) in [5.41, 5.74) is 2.52. The van der Waals surface area contributed by atoms with Crippen molar-refractivity contribution in [3.8, 4) is 0 Å². The molecule has 1 aromatic carbocycles. The summed E-state index contributed by atoms with van der Waals surface area (Å²) in [5.74, 6) is 1.07. The molecule has 6 nitrogen and oxygen atoms in total. The van der Waals surface area contributed by atoms with E-state index in [2.05, 4.69) is 44.6 Å². The van der Waals surface area contributed by atoms with Crippen molar-refractivity contribution in [2.75, 3.05) is 23.3 Å². The molecule has 2 aromatic rings. The summed E-state index contributed by atoms with van der Waals surface area (Å²) in [7, 11) is 0. The number of rotatable bonds is 6. The van der Waals surface area contributed by atoms with E-state index in [1.165, 1.54) is 18.5 Å². The lowest BCUT2D eigenvalue weighted by molar-refractivity contribution is 0.0934. The van der Waals surface area contributed by atoms with Crippen molar-refractivity contribution >= 4 is 23.2 Å². The highest BCUT2D eigenvalue weighted by Crippen LogP contribution is 2.24. The fourth-order valence-electron chi connectivity index (χ4n) is 3.10. The van der Waals surface area contributed by atoms with Gasteiger partial charge in [-0.05, 0) is 62.4 Å². The Morgan fingerprint density at radius 1 is 1.22 bits per heavy atom. The van der Waals surface area contributed by atoms with Crippen LogP contribution in [0.5, 0.6) is 0 Å². The maximum Gasteiger partial charge on any atom is 0.270 e. The lowest BCUT2D eigenvalue weighted by atomic mass is 9.99. The van der Waals surface area contributed by atoms with Crippen molar-refractivity contribution in [3.05, 3.63) is 42.2 Å². The molecule has 1 fully saturated rings. The van der Waals surface area contributed by atoms with Crippen molar-refractivity contribution < 1.29 is 4.79 Å². The van der Waals surface area contributed by atoms with E-state index in [1.54, 1.807) is 12.3 Å². The fraction of sp³-hybridized carbons (Fsp3) is 0.476. The van der Waals surface area contributed by atoms with Gasteiger partial charge in [-0.1, -0.05) is 13.8 Å². The summed E-state index contributed by atoms with van der Waals surface area (Å²) >= 11 is 0. The van der Waals surface area contributed by atoms with Gasteiger partial charge < -0.3 is 15.5 Å². The zero-order valence-electron chi connectivity index (χ0n) is 16.4. The Labute approximate surface area is 161 Å². The highest BCUT2D eigenvalue weighted by Gasteiger charge is 2.16. The number of anilines is 3. The van der Waals surface area contributed by atoms with E-state index < -0.39 is 0 Å². The normalized spacial score (nSPS) is 16.0. The Bertz CT molecular complexity index is 753. The highest BCUT2D eigenvalue weighted by molar-refractivity contribution is 5.92. The average molecular weight is 367 g/mol. The van der Waals surface area contributed by atoms with Crippen LogP contribution in [0, 0.1) is 5.92 Å². The molecule has 27 heavy (non-hydrogen) atoms.